The SMILES string of the molecule is CCCCOCCn1nc(C(=O)OCC)c2ccccc21. The van der Waals surface area contributed by atoms with Crippen LogP contribution in [0.4, 0.5) is 0 Å². The van der Waals surface area contributed by atoms with E-state index in [2.05, 4.69) is 12.0 Å². The summed E-state index contributed by atoms with van der Waals surface area (Å²) in [4.78, 5) is 12.0. The summed E-state index contributed by atoms with van der Waals surface area (Å²) in [5.41, 5.74) is 1.31. The van der Waals surface area contributed by atoms with Crippen molar-refractivity contribution in [3.8, 4) is 0 Å². The van der Waals surface area contributed by atoms with Crippen molar-refractivity contribution in [3.63, 3.8) is 0 Å². The van der Waals surface area contributed by atoms with Crippen molar-refractivity contribution in [1.29, 1.82) is 0 Å². The van der Waals surface area contributed by atoms with Crippen LogP contribution in [0, 0.1) is 0 Å². The molecule has 5 nitrogen and oxygen atoms in total. The van der Waals surface area contributed by atoms with Crippen LogP contribution in [0.15, 0.2) is 24.3 Å². The summed E-state index contributed by atoms with van der Waals surface area (Å²) in [7, 11) is 0. The van der Waals surface area contributed by atoms with E-state index in [0.29, 0.717) is 25.5 Å². The molecule has 0 radical (unpaired) electrons. The molecule has 0 atom stereocenters. The van der Waals surface area contributed by atoms with Crippen LogP contribution in [-0.2, 0) is 16.0 Å². The lowest BCUT2D eigenvalue weighted by Crippen LogP contribution is -2.10. The Balaban J connectivity index is 2.14. The van der Waals surface area contributed by atoms with E-state index in [0.717, 1.165) is 30.4 Å². The predicted octanol–water partition coefficient (Wildman–Crippen LogP) is 3.03. The van der Waals surface area contributed by atoms with Crippen LogP contribution in [0.5, 0.6) is 0 Å². The maximum Gasteiger partial charge on any atom is 0.359 e. The minimum Gasteiger partial charge on any atom is -0.461 e. The fourth-order valence-electron chi connectivity index (χ4n) is 2.15. The molecule has 2 aromatic rings. The molecule has 5 heteroatoms. The van der Waals surface area contributed by atoms with E-state index in [1.807, 2.05) is 28.9 Å². The summed E-state index contributed by atoms with van der Waals surface area (Å²) in [6.45, 7) is 6.26. The molecule has 0 aliphatic carbocycles. The highest BCUT2D eigenvalue weighted by Crippen LogP contribution is 2.19. The molecule has 0 saturated heterocycles. The average molecular weight is 290 g/mol. The lowest BCUT2D eigenvalue weighted by Gasteiger charge is -2.04. The van der Waals surface area contributed by atoms with Crippen molar-refractivity contribution in [1.82, 2.24) is 9.78 Å². The fourth-order valence-corrected chi connectivity index (χ4v) is 2.15. The maximum absolute atomic E-state index is 12.0. The molecule has 2 rings (SSSR count). The van der Waals surface area contributed by atoms with Crippen LogP contribution >= 0.6 is 0 Å². The molecule has 0 saturated carbocycles. The van der Waals surface area contributed by atoms with Gasteiger partial charge in [-0.05, 0) is 19.4 Å². The number of carbonyl (C=O) groups excluding carboxylic acids is 1. The van der Waals surface area contributed by atoms with E-state index in [1.165, 1.54) is 0 Å². The summed E-state index contributed by atoms with van der Waals surface area (Å²) in [5, 5.41) is 5.21. The summed E-state index contributed by atoms with van der Waals surface area (Å²) in [5.74, 6) is -0.376. The molecule has 0 unspecified atom stereocenters. The van der Waals surface area contributed by atoms with Crippen molar-refractivity contribution in [3.05, 3.63) is 30.0 Å². The highest BCUT2D eigenvalue weighted by Gasteiger charge is 2.17. The topological polar surface area (TPSA) is 53.4 Å². The zero-order chi connectivity index (χ0) is 15.1. The van der Waals surface area contributed by atoms with Gasteiger partial charge in [0.15, 0.2) is 5.69 Å². The first-order valence-corrected chi connectivity index (χ1v) is 7.48. The van der Waals surface area contributed by atoms with Crippen molar-refractivity contribution in [2.75, 3.05) is 19.8 Å². The number of hydrogen-bond acceptors (Lipinski definition) is 4. The first kappa shape index (κ1) is 15.5. The van der Waals surface area contributed by atoms with Crippen molar-refractivity contribution >= 4 is 16.9 Å². The molecule has 0 amide bonds. The molecule has 0 fully saturated rings. The van der Waals surface area contributed by atoms with Gasteiger partial charge in [0.2, 0.25) is 0 Å². The van der Waals surface area contributed by atoms with E-state index < -0.39 is 0 Å². The third-order valence-corrected chi connectivity index (χ3v) is 3.22. The number of rotatable bonds is 8. The molecular formula is C16H22N2O3. The quantitative estimate of drug-likeness (QED) is 0.554. The Hall–Kier alpha value is -1.88. The van der Waals surface area contributed by atoms with Crippen LogP contribution in [0.2, 0.25) is 0 Å². The lowest BCUT2D eigenvalue weighted by atomic mass is 10.2. The Morgan fingerprint density at radius 3 is 2.81 bits per heavy atom. The normalized spacial score (nSPS) is 11.0. The van der Waals surface area contributed by atoms with Gasteiger partial charge in [-0.15, -0.1) is 0 Å². The van der Waals surface area contributed by atoms with Crippen LogP contribution in [0.25, 0.3) is 10.9 Å². The Kier molecular flexibility index (Phi) is 5.75. The van der Waals surface area contributed by atoms with Gasteiger partial charge in [0.1, 0.15) is 0 Å². The standard InChI is InChI=1S/C16H22N2O3/c1-3-5-11-20-12-10-18-14-9-7-6-8-13(14)15(17-18)16(19)21-4-2/h6-9H,3-5,10-12H2,1-2H3. The van der Waals surface area contributed by atoms with Gasteiger partial charge in [0, 0.05) is 12.0 Å². The molecule has 1 aromatic carbocycles. The first-order valence-electron chi connectivity index (χ1n) is 7.48. The van der Waals surface area contributed by atoms with E-state index >= 15 is 0 Å². The molecular weight excluding hydrogens is 268 g/mol. The van der Waals surface area contributed by atoms with E-state index in [-0.39, 0.29) is 5.97 Å². The summed E-state index contributed by atoms with van der Waals surface area (Å²) >= 11 is 0. The van der Waals surface area contributed by atoms with E-state index in [4.69, 9.17) is 9.47 Å². The number of hydrogen-bond donors (Lipinski definition) is 0. The Morgan fingerprint density at radius 2 is 2.05 bits per heavy atom. The minimum atomic E-state index is -0.376. The zero-order valence-electron chi connectivity index (χ0n) is 12.7. The second kappa shape index (κ2) is 7.78. The number of para-hydroxylation sites is 1. The van der Waals surface area contributed by atoms with E-state index in [1.54, 1.807) is 6.92 Å². The number of esters is 1. The molecule has 1 heterocycles. The van der Waals surface area contributed by atoms with Gasteiger partial charge in [0.25, 0.3) is 0 Å². The summed E-state index contributed by atoms with van der Waals surface area (Å²) in [6, 6.07) is 7.68. The number of nitrogens with zero attached hydrogens (tertiary/aromatic N) is 2. The smallest absolute Gasteiger partial charge is 0.359 e. The molecule has 114 valence electrons. The molecule has 0 aliphatic heterocycles. The van der Waals surface area contributed by atoms with Gasteiger partial charge in [-0.2, -0.15) is 5.10 Å². The van der Waals surface area contributed by atoms with Gasteiger partial charge in [-0.1, -0.05) is 31.5 Å². The third kappa shape index (κ3) is 3.82. The average Bonchev–Trinajstić information content (AvgIpc) is 2.87. The second-order valence-corrected chi connectivity index (χ2v) is 4.78. The summed E-state index contributed by atoms with van der Waals surface area (Å²) < 4.78 is 12.4. The number of carbonyl (C=O) groups is 1. The van der Waals surface area contributed by atoms with Crippen LogP contribution in [0.1, 0.15) is 37.2 Å². The van der Waals surface area contributed by atoms with Crippen molar-refractivity contribution in [2.24, 2.45) is 0 Å². The fraction of sp³-hybridized carbons (Fsp3) is 0.500. The number of unbranched alkanes of at least 4 members (excludes halogenated alkanes) is 1. The Labute approximate surface area is 124 Å². The Morgan fingerprint density at radius 1 is 1.24 bits per heavy atom. The Bertz CT molecular complexity index is 592. The third-order valence-electron chi connectivity index (χ3n) is 3.22. The lowest BCUT2D eigenvalue weighted by molar-refractivity contribution is 0.0519. The maximum atomic E-state index is 12.0. The van der Waals surface area contributed by atoms with Crippen LogP contribution in [0.3, 0.4) is 0 Å². The molecule has 0 bridgehead atoms. The number of aromatic nitrogens is 2. The molecule has 1 aromatic heterocycles. The van der Waals surface area contributed by atoms with Gasteiger partial charge in [-0.25, -0.2) is 4.79 Å². The highest BCUT2D eigenvalue weighted by molar-refractivity contribution is 6.02. The number of benzene rings is 1. The molecule has 0 aliphatic rings. The second-order valence-electron chi connectivity index (χ2n) is 4.78. The highest BCUT2D eigenvalue weighted by atomic mass is 16.5. The summed E-state index contributed by atoms with van der Waals surface area (Å²) in [6.07, 6.45) is 2.19. The first-order chi connectivity index (χ1) is 10.3. The molecule has 0 N–H and O–H groups in total. The van der Waals surface area contributed by atoms with Crippen molar-refractivity contribution < 1.29 is 14.3 Å². The monoisotopic (exact) mass is 290 g/mol. The molecule has 21 heavy (non-hydrogen) atoms. The van der Waals surface area contributed by atoms with Gasteiger partial charge in [0.05, 0.1) is 25.3 Å². The van der Waals surface area contributed by atoms with Crippen LogP contribution in [-0.4, -0.2) is 35.6 Å². The van der Waals surface area contributed by atoms with Crippen LogP contribution < -0.4 is 0 Å². The van der Waals surface area contributed by atoms with Gasteiger partial charge >= 0.3 is 5.97 Å². The number of ether oxygens (including phenoxy) is 2. The zero-order valence-corrected chi connectivity index (χ0v) is 12.7. The van der Waals surface area contributed by atoms with Gasteiger partial charge in [-0.3, -0.25) is 4.68 Å². The van der Waals surface area contributed by atoms with Gasteiger partial charge < -0.3 is 9.47 Å². The predicted molar refractivity (Wildman–Crippen MR) is 81.4 cm³/mol. The minimum absolute atomic E-state index is 0.347. The largest absolute Gasteiger partial charge is 0.461 e. The number of fused-ring (bicyclic) bond motifs is 1. The molecule has 0 spiro atoms. The van der Waals surface area contributed by atoms with Crippen molar-refractivity contribution in [2.45, 2.75) is 33.2 Å². The van der Waals surface area contributed by atoms with E-state index in [9.17, 15) is 4.79 Å².